The summed E-state index contributed by atoms with van der Waals surface area (Å²) in [6.07, 6.45) is 11.1. The standard InChI is InChI=1S/C30H41FO5/c1-3-5-7-9-11-19-33-25-14-16-26(17-15-25)36-29(32)24-13-18-27(28(31)20-24)30-34-21-23(22-35-30)12-10-8-6-4-2/h13-18,20,23,30H,3-12,19,21-22H2,1-2H3. The van der Waals surface area contributed by atoms with Crippen molar-refractivity contribution in [3.8, 4) is 11.5 Å². The third-order valence-electron chi connectivity index (χ3n) is 6.47. The second-order valence-electron chi connectivity index (χ2n) is 9.57. The second-order valence-corrected chi connectivity index (χ2v) is 9.57. The molecule has 0 amide bonds. The number of esters is 1. The average molecular weight is 501 g/mol. The van der Waals surface area contributed by atoms with Crippen LogP contribution in [0.4, 0.5) is 4.39 Å². The third kappa shape index (κ3) is 9.21. The van der Waals surface area contributed by atoms with Crippen LogP contribution in [0.25, 0.3) is 0 Å². The van der Waals surface area contributed by atoms with E-state index in [2.05, 4.69) is 13.8 Å². The highest BCUT2D eigenvalue weighted by atomic mass is 19.1. The van der Waals surface area contributed by atoms with Gasteiger partial charge in [0.25, 0.3) is 0 Å². The Morgan fingerprint density at radius 3 is 2.17 bits per heavy atom. The molecular formula is C30H41FO5. The number of rotatable bonds is 15. The van der Waals surface area contributed by atoms with Gasteiger partial charge in [-0.3, -0.25) is 0 Å². The van der Waals surface area contributed by atoms with Crippen LogP contribution in [0.1, 0.15) is 100 Å². The van der Waals surface area contributed by atoms with E-state index in [-0.39, 0.29) is 5.56 Å². The monoisotopic (exact) mass is 500 g/mol. The minimum Gasteiger partial charge on any atom is -0.494 e. The van der Waals surface area contributed by atoms with Gasteiger partial charge in [-0.05, 0) is 49.2 Å². The number of halogens is 1. The molecule has 36 heavy (non-hydrogen) atoms. The summed E-state index contributed by atoms with van der Waals surface area (Å²) in [4.78, 5) is 12.5. The predicted octanol–water partition coefficient (Wildman–Crippen LogP) is 8.03. The molecule has 1 saturated heterocycles. The number of ether oxygens (including phenoxy) is 4. The smallest absolute Gasteiger partial charge is 0.343 e. The van der Waals surface area contributed by atoms with E-state index in [1.54, 1.807) is 30.3 Å². The van der Waals surface area contributed by atoms with Crippen LogP contribution in [0.15, 0.2) is 42.5 Å². The first-order valence-corrected chi connectivity index (χ1v) is 13.6. The molecule has 1 aliphatic rings. The molecule has 2 aromatic carbocycles. The van der Waals surface area contributed by atoms with Crippen molar-refractivity contribution in [1.29, 1.82) is 0 Å². The fourth-order valence-electron chi connectivity index (χ4n) is 4.26. The van der Waals surface area contributed by atoms with Crippen molar-refractivity contribution in [1.82, 2.24) is 0 Å². The van der Waals surface area contributed by atoms with E-state index in [9.17, 15) is 9.18 Å². The molecule has 0 spiro atoms. The summed E-state index contributed by atoms with van der Waals surface area (Å²) in [5.41, 5.74) is 0.431. The average Bonchev–Trinajstić information content (AvgIpc) is 2.90. The largest absolute Gasteiger partial charge is 0.494 e. The van der Waals surface area contributed by atoms with Crippen LogP contribution in [0.2, 0.25) is 0 Å². The summed E-state index contributed by atoms with van der Waals surface area (Å²) < 4.78 is 37.5. The van der Waals surface area contributed by atoms with Crippen LogP contribution in [0.5, 0.6) is 11.5 Å². The van der Waals surface area contributed by atoms with Crippen LogP contribution >= 0.6 is 0 Å². The molecule has 0 aliphatic carbocycles. The summed E-state index contributed by atoms with van der Waals surface area (Å²) in [5, 5.41) is 0. The first-order chi connectivity index (χ1) is 17.6. The maximum atomic E-state index is 14.8. The molecule has 0 atom stereocenters. The van der Waals surface area contributed by atoms with Gasteiger partial charge >= 0.3 is 5.97 Å². The lowest BCUT2D eigenvalue weighted by Crippen LogP contribution is -2.27. The topological polar surface area (TPSA) is 54.0 Å². The van der Waals surface area contributed by atoms with E-state index in [1.165, 1.54) is 50.7 Å². The van der Waals surface area contributed by atoms with Crippen molar-refractivity contribution >= 4 is 5.97 Å². The molecular weight excluding hydrogens is 459 g/mol. The number of carbonyl (C=O) groups excluding carboxylic acids is 1. The van der Waals surface area contributed by atoms with Gasteiger partial charge in [0.15, 0.2) is 6.29 Å². The molecule has 1 aliphatic heterocycles. The molecule has 2 aromatic rings. The quantitative estimate of drug-likeness (QED) is 0.141. The molecule has 0 bridgehead atoms. The van der Waals surface area contributed by atoms with Crippen LogP contribution in [0, 0.1) is 11.7 Å². The zero-order valence-corrected chi connectivity index (χ0v) is 21.8. The summed E-state index contributed by atoms with van der Waals surface area (Å²) in [7, 11) is 0. The Kier molecular flexibility index (Phi) is 12.2. The minimum atomic E-state index is -0.749. The number of benzene rings is 2. The molecule has 0 N–H and O–H groups in total. The first-order valence-electron chi connectivity index (χ1n) is 13.6. The summed E-state index contributed by atoms with van der Waals surface area (Å²) in [6.45, 7) is 6.17. The Labute approximate surface area is 215 Å². The highest BCUT2D eigenvalue weighted by Gasteiger charge is 2.26. The molecule has 0 unspecified atom stereocenters. The molecule has 1 heterocycles. The Morgan fingerprint density at radius 1 is 0.861 bits per heavy atom. The number of hydrogen-bond donors (Lipinski definition) is 0. The van der Waals surface area contributed by atoms with Gasteiger partial charge in [-0.1, -0.05) is 71.3 Å². The molecule has 5 nitrogen and oxygen atoms in total. The Hall–Kier alpha value is -2.44. The van der Waals surface area contributed by atoms with E-state index in [0.717, 1.165) is 31.4 Å². The summed E-state index contributed by atoms with van der Waals surface area (Å²) in [6, 6.07) is 11.2. The second kappa shape index (κ2) is 15.6. The van der Waals surface area contributed by atoms with Gasteiger partial charge < -0.3 is 18.9 Å². The van der Waals surface area contributed by atoms with Crippen molar-refractivity contribution in [2.24, 2.45) is 5.92 Å². The third-order valence-corrected chi connectivity index (χ3v) is 6.47. The highest BCUT2D eigenvalue weighted by Crippen LogP contribution is 2.30. The van der Waals surface area contributed by atoms with Gasteiger partial charge in [-0.15, -0.1) is 0 Å². The van der Waals surface area contributed by atoms with E-state index >= 15 is 0 Å². The fraction of sp³-hybridized carbons (Fsp3) is 0.567. The molecule has 0 radical (unpaired) electrons. The Balaban J connectivity index is 1.44. The van der Waals surface area contributed by atoms with Gasteiger partial charge in [0.2, 0.25) is 0 Å². The molecule has 0 aromatic heterocycles. The maximum absolute atomic E-state index is 14.8. The maximum Gasteiger partial charge on any atom is 0.343 e. The van der Waals surface area contributed by atoms with Crippen LogP contribution in [-0.2, 0) is 9.47 Å². The molecule has 198 valence electrons. The highest BCUT2D eigenvalue weighted by molar-refractivity contribution is 5.91. The zero-order chi connectivity index (χ0) is 25.6. The Morgan fingerprint density at radius 2 is 1.50 bits per heavy atom. The lowest BCUT2D eigenvalue weighted by molar-refractivity contribution is -0.207. The number of carbonyl (C=O) groups is 1. The van der Waals surface area contributed by atoms with Crippen LogP contribution in [-0.4, -0.2) is 25.8 Å². The first kappa shape index (κ1) is 28.1. The van der Waals surface area contributed by atoms with E-state index in [4.69, 9.17) is 18.9 Å². The van der Waals surface area contributed by atoms with Crippen molar-refractivity contribution in [2.75, 3.05) is 19.8 Å². The van der Waals surface area contributed by atoms with Crippen molar-refractivity contribution in [2.45, 2.75) is 84.3 Å². The van der Waals surface area contributed by atoms with E-state index < -0.39 is 18.1 Å². The van der Waals surface area contributed by atoms with Crippen molar-refractivity contribution in [3.63, 3.8) is 0 Å². The lowest BCUT2D eigenvalue weighted by Gasteiger charge is -2.30. The lowest BCUT2D eigenvalue weighted by atomic mass is 10.0. The van der Waals surface area contributed by atoms with Crippen molar-refractivity contribution < 1.29 is 28.1 Å². The van der Waals surface area contributed by atoms with Crippen LogP contribution < -0.4 is 9.47 Å². The van der Waals surface area contributed by atoms with Crippen molar-refractivity contribution in [3.05, 3.63) is 59.4 Å². The summed E-state index contributed by atoms with van der Waals surface area (Å²) in [5.74, 6) is 0.291. The minimum absolute atomic E-state index is 0.133. The molecule has 0 saturated carbocycles. The normalized spacial score (nSPS) is 17.6. The van der Waals surface area contributed by atoms with E-state index in [1.807, 2.05) is 0 Å². The van der Waals surface area contributed by atoms with Crippen LogP contribution in [0.3, 0.4) is 0 Å². The summed E-state index contributed by atoms with van der Waals surface area (Å²) >= 11 is 0. The molecule has 3 rings (SSSR count). The fourth-order valence-corrected chi connectivity index (χ4v) is 4.26. The molecule has 6 heteroatoms. The SMILES string of the molecule is CCCCCCCOc1ccc(OC(=O)c2ccc(C3OCC(CCCCCC)CO3)c(F)c2)cc1. The van der Waals surface area contributed by atoms with Gasteiger partial charge in [-0.2, -0.15) is 0 Å². The number of unbranched alkanes of at least 4 members (excludes halogenated alkanes) is 7. The predicted molar refractivity (Wildman–Crippen MR) is 139 cm³/mol. The van der Waals surface area contributed by atoms with E-state index in [0.29, 0.717) is 37.1 Å². The van der Waals surface area contributed by atoms with Gasteiger partial charge in [0.05, 0.1) is 25.4 Å². The molecule has 1 fully saturated rings. The van der Waals surface area contributed by atoms with Gasteiger partial charge in [0, 0.05) is 11.5 Å². The number of hydrogen-bond acceptors (Lipinski definition) is 5. The van der Waals surface area contributed by atoms with Gasteiger partial charge in [0.1, 0.15) is 17.3 Å². The zero-order valence-electron chi connectivity index (χ0n) is 21.8. The Bertz CT molecular complexity index is 906. The van der Waals surface area contributed by atoms with Gasteiger partial charge in [-0.25, -0.2) is 9.18 Å².